The normalized spacial score (nSPS) is 11.4. The first kappa shape index (κ1) is 24.7. The second kappa shape index (κ2) is 11.3. The number of rotatable bonds is 11. The molecule has 0 saturated heterocycles. The molecule has 0 radical (unpaired) electrons. The van der Waals surface area contributed by atoms with Gasteiger partial charge in [-0.3, -0.25) is 9.10 Å². The van der Waals surface area contributed by atoms with Crippen LogP contribution in [0, 0.1) is 5.82 Å². The molecule has 0 aliphatic rings. The number of ether oxygens (including phenoxy) is 1. The lowest BCUT2D eigenvalue weighted by atomic mass is 10.1. The summed E-state index contributed by atoms with van der Waals surface area (Å²) in [7, 11) is -4.08. The summed E-state index contributed by atoms with van der Waals surface area (Å²) >= 11 is 1.02. The smallest absolute Gasteiger partial charge is 0.274 e. The molecule has 9 heteroatoms. The maximum absolute atomic E-state index is 14.4. The van der Waals surface area contributed by atoms with Gasteiger partial charge < -0.3 is 10.1 Å². The number of aryl methyl sites for hydroxylation is 1. The highest BCUT2D eigenvalue weighted by Gasteiger charge is 2.29. The van der Waals surface area contributed by atoms with Gasteiger partial charge >= 0.3 is 0 Å². The number of sulfonamides is 1. The van der Waals surface area contributed by atoms with E-state index in [2.05, 4.69) is 5.32 Å². The van der Waals surface area contributed by atoms with Crippen molar-refractivity contribution in [1.82, 2.24) is 5.32 Å². The number of anilines is 1. The highest BCUT2D eigenvalue weighted by Crippen LogP contribution is 2.28. The summed E-state index contributed by atoms with van der Waals surface area (Å²) in [5.74, 6) is -0.406. The number of halogens is 1. The van der Waals surface area contributed by atoms with Crippen LogP contribution in [0.5, 0.6) is 5.75 Å². The standard InChI is InChI=1S/C24H27FN2O4S2/c1-18(2)31-20-13-11-19(12-14-20)7-5-15-26-23(28)17-27(22-9-4-3-8-21(22)25)33(29,30)24-10-6-16-32-24/h3-4,6,8-14,16,18H,5,7,15,17H2,1-2H3,(H,26,28). The van der Waals surface area contributed by atoms with E-state index in [1.165, 1.54) is 30.3 Å². The van der Waals surface area contributed by atoms with E-state index in [4.69, 9.17) is 4.74 Å². The van der Waals surface area contributed by atoms with Crippen molar-refractivity contribution in [2.24, 2.45) is 0 Å². The molecule has 0 atom stereocenters. The fourth-order valence-electron chi connectivity index (χ4n) is 3.19. The van der Waals surface area contributed by atoms with Gasteiger partial charge in [0, 0.05) is 6.54 Å². The number of nitrogens with one attached hydrogen (secondary N) is 1. The van der Waals surface area contributed by atoms with Crippen molar-refractivity contribution >= 4 is 33.0 Å². The second-order valence-corrected chi connectivity index (χ2v) is 10.7. The summed E-state index contributed by atoms with van der Waals surface area (Å²) in [5.41, 5.74) is 0.943. The van der Waals surface area contributed by atoms with Crippen molar-refractivity contribution in [2.45, 2.75) is 37.0 Å². The molecule has 3 aromatic rings. The SMILES string of the molecule is CC(C)Oc1ccc(CCCNC(=O)CN(c2ccccc2F)S(=O)(=O)c2cccs2)cc1. The van der Waals surface area contributed by atoms with Crippen LogP contribution in [-0.4, -0.2) is 33.5 Å². The summed E-state index contributed by atoms with van der Waals surface area (Å²) in [6.45, 7) is 3.79. The number of nitrogens with zero attached hydrogens (tertiary/aromatic N) is 1. The van der Waals surface area contributed by atoms with Gasteiger partial charge in [0.2, 0.25) is 5.91 Å². The van der Waals surface area contributed by atoms with Crippen molar-refractivity contribution < 1.29 is 22.3 Å². The third kappa shape index (κ3) is 6.79. The van der Waals surface area contributed by atoms with Crippen molar-refractivity contribution in [3.8, 4) is 5.75 Å². The summed E-state index contributed by atoms with van der Waals surface area (Å²) in [6.07, 6.45) is 1.53. The Morgan fingerprint density at radius 3 is 2.45 bits per heavy atom. The Balaban J connectivity index is 1.59. The topological polar surface area (TPSA) is 75.7 Å². The number of hydrogen-bond acceptors (Lipinski definition) is 5. The van der Waals surface area contributed by atoms with E-state index in [1.54, 1.807) is 11.4 Å². The largest absolute Gasteiger partial charge is 0.491 e. The van der Waals surface area contributed by atoms with Crippen LogP contribution in [0.2, 0.25) is 0 Å². The molecule has 1 amide bonds. The number of carbonyl (C=O) groups excluding carboxylic acids is 1. The third-order valence-corrected chi connectivity index (χ3v) is 7.84. The van der Waals surface area contributed by atoms with Crippen LogP contribution < -0.4 is 14.4 Å². The lowest BCUT2D eigenvalue weighted by molar-refractivity contribution is -0.119. The highest BCUT2D eigenvalue weighted by molar-refractivity contribution is 7.94. The predicted octanol–water partition coefficient (Wildman–Crippen LogP) is 4.62. The maximum Gasteiger partial charge on any atom is 0.274 e. The summed E-state index contributed by atoms with van der Waals surface area (Å²) in [6, 6.07) is 16.3. The lowest BCUT2D eigenvalue weighted by Crippen LogP contribution is -2.41. The van der Waals surface area contributed by atoms with Crippen molar-refractivity contribution in [1.29, 1.82) is 0 Å². The zero-order valence-corrected chi connectivity index (χ0v) is 20.2. The Bertz CT molecular complexity index is 1150. The van der Waals surface area contributed by atoms with Crippen LogP contribution in [0.4, 0.5) is 10.1 Å². The number of thiophene rings is 1. The van der Waals surface area contributed by atoms with E-state index in [0.717, 1.165) is 33.4 Å². The molecule has 0 aliphatic heterocycles. The summed E-state index contributed by atoms with van der Waals surface area (Å²) < 4.78 is 47.0. The number of hydrogen-bond donors (Lipinski definition) is 1. The van der Waals surface area contributed by atoms with Gasteiger partial charge in [0.25, 0.3) is 10.0 Å². The van der Waals surface area contributed by atoms with Gasteiger partial charge in [0.1, 0.15) is 22.3 Å². The van der Waals surface area contributed by atoms with E-state index in [0.29, 0.717) is 13.0 Å². The van der Waals surface area contributed by atoms with E-state index in [-0.39, 0.29) is 16.0 Å². The predicted molar refractivity (Wildman–Crippen MR) is 129 cm³/mol. The number of carbonyl (C=O) groups is 1. The Kier molecular flexibility index (Phi) is 8.46. The molecule has 1 aromatic heterocycles. The van der Waals surface area contributed by atoms with Crippen LogP contribution >= 0.6 is 11.3 Å². The molecule has 0 unspecified atom stereocenters. The lowest BCUT2D eigenvalue weighted by Gasteiger charge is -2.23. The van der Waals surface area contributed by atoms with Crippen LogP contribution in [0.25, 0.3) is 0 Å². The maximum atomic E-state index is 14.4. The Morgan fingerprint density at radius 2 is 1.82 bits per heavy atom. The monoisotopic (exact) mass is 490 g/mol. The highest BCUT2D eigenvalue weighted by atomic mass is 32.2. The van der Waals surface area contributed by atoms with E-state index < -0.39 is 28.3 Å². The minimum absolute atomic E-state index is 0.0449. The molecule has 0 aliphatic carbocycles. The number of para-hydroxylation sites is 1. The third-order valence-electron chi connectivity index (χ3n) is 4.71. The molecule has 33 heavy (non-hydrogen) atoms. The van der Waals surface area contributed by atoms with Gasteiger partial charge in [-0.05, 0) is 68.0 Å². The van der Waals surface area contributed by atoms with Gasteiger partial charge in [0.05, 0.1) is 11.8 Å². The Hall–Kier alpha value is -2.91. The number of benzene rings is 2. The minimum Gasteiger partial charge on any atom is -0.491 e. The zero-order chi connectivity index (χ0) is 23.8. The van der Waals surface area contributed by atoms with Crippen molar-refractivity contribution in [3.63, 3.8) is 0 Å². The molecule has 1 heterocycles. The number of amides is 1. The van der Waals surface area contributed by atoms with Gasteiger partial charge in [-0.1, -0.05) is 30.3 Å². The molecule has 0 saturated carbocycles. The van der Waals surface area contributed by atoms with Gasteiger partial charge in [-0.15, -0.1) is 11.3 Å². The molecular formula is C24H27FN2O4S2. The summed E-state index contributed by atoms with van der Waals surface area (Å²) in [5, 5.41) is 4.36. The fourth-order valence-corrected chi connectivity index (χ4v) is 5.72. The molecule has 0 spiro atoms. The van der Waals surface area contributed by atoms with Gasteiger partial charge in [-0.2, -0.15) is 0 Å². The minimum atomic E-state index is -4.08. The zero-order valence-electron chi connectivity index (χ0n) is 18.5. The molecule has 0 bridgehead atoms. The first-order valence-electron chi connectivity index (χ1n) is 10.6. The quantitative estimate of drug-likeness (QED) is 0.398. The fraction of sp³-hybridized carbons (Fsp3) is 0.292. The van der Waals surface area contributed by atoms with E-state index in [9.17, 15) is 17.6 Å². The Morgan fingerprint density at radius 1 is 1.09 bits per heavy atom. The van der Waals surface area contributed by atoms with Crippen LogP contribution in [0.3, 0.4) is 0 Å². The molecule has 1 N–H and O–H groups in total. The molecule has 6 nitrogen and oxygen atoms in total. The first-order valence-corrected chi connectivity index (χ1v) is 12.9. The van der Waals surface area contributed by atoms with Crippen LogP contribution in [-0.2, 0) is 21.2 Å². The van der Waals surface area contributed by atoms with Crippen molar-refractivity contribution in [2.75, 3.05) is 17.4 Å². The van der Waals surface area contributed by atoms with E-state index in [1.807, 2.05) is 38.1 Å². The second-order valence-electron chi connectivity index (χ2n) is 7.66. The summed E-state index contributed by atoms with van der Waals surface area (Å²) in [4.78, 5) is 12.6. The first-order chi connectivity index (χ1) is 15.8. The van der Waals surface area contributed by atoms with Crippen LogP contribution in [0.1, 0.15) is 25.8 Å². The Labute approximate surface area is 198 Å². The van der Waals surface area contributed by atoms with Gasteiger partial charge in [-0.25, -0.2) is 12.8 Å². The molecule has 2 aromatic carbocycles. The van der Waals surface area contributed by atoms with E-state index >= 15 is 0 Å². The molecule has 0 fully saturated rings. The average Bonchev–Trinajstić information content (AvgIpc) is 3.32. The molecular weight excluding hydrogens is 463 g/mol. The molecule has 176 valence electrons. The van der Waals surface area contributed by atoms with Crippen molar-refractivity contribution in [3.05, 3.63) is 77.4 Å². The molecule has 3 rings (SSSR count). The average molecular weight is 491 g/mol. The van der Waals surface area contributed by atoms with Gasteiger partial charge in [0.15, 0.2) is 0 Å². The van der Waals surface area contributed by atoms with Crippen LogP contribution in [0.15, 0.2) is 70.3 Å².